The fourth-order valence-corrected chi connectivity index (χ4v) is 1.09. The van der Waals surface area contributed by atoms with Crippen LogP contribution in [0, 0.1) is 0 Å². The molecule has 96 valence electrons. The number of nitrogens with one attached hydrogen (secondary N) is 1. The summed E-state index contributed by atoms with van der Waals surface area (Å²) in [4.78, 5) is 10.9. The number of rotatable bonds is 2. The van der Waals surface area contributed by atoms with Crippen LogP contribution in [0.5, 0.6) is 0 Å². The van der Waals surface area contributed by atoms with Crippen molar-refractivity contribution < 1.29 is 31.5 Å². The smallest absolute Gasteiger partial charge is 0.423 e. The Morgan fingerprint density at radius 2 is 1.81 bits per heavy atom. The van der Waals surface area contributed by atoms with Gasteiger partial charge in [-0.25, -0.2) is 9.00 Å². The van der Waals surface area contributed by atoms with Gasteiger partial charge in [0.15, 0.2) is 11.1 Å². The molecular weight excluding hydrogens is 251 g/mol. The summed E-state index contributed by atoms with van der Waals surface area (Å²) < 4.78 is 59.7. The summed E-state index contributed by atoms with van der Waals surface area (Å²) in [5.74, 6) is 0. The van der Waals surface area contributed by atoms with Crippen LogP contribution >= 0.6 is 0 Å². The van der Waals surface area contributed by atoms with Crippen molar-refractivity contribution in [3.8, 4) is 0 Å². The number of ether oxygens (including phenoxy) is 1. The summed E-state index contributed by atoms with van der Waals surface area (Å²) in [6.45, 7) is 4.35. The second kappa shape index (κ2) is 5.00. The molecule has 1 unspecified atom stereocenters. The van der Waals surface area contributed by atoms with E-state index in [-0.39, 0.29) is 0 Å². The molecule has 9 heteroatoms. The van der Waals surface area contributed by atoms with Crippen LogP contribution in [0.4, 0.5) is 18.0 Å². The molecule has 0 aliphatic heterocycles. The van der Waals surface area contributed by atoms with E-state index in [9.17, 15) is 22.2 Å². The summed E-state index contributed by atoms with van der Waals surface area (Å²) >= 11 is -3.26. The lowest BCUT2D eigenvalue weighted by atomic mass is 10.2. The molecule has 0 aromatic rings. The maximum atomic E-state index is 12.1. The van der Waals surface area contributed by atoms with Crippen LogP contribution in [0.1, 0.15) is 20.8 Å². The van der Waals surface area contributed by atoms with E-state index in [1.165, 1.54) is 26.1 Å². The maximum absolute atomic E-state index is 12.1. The average molecular weight is 263 g/mol. The number of amides is 1. The summed E-state index contributed by atoms with van der Waals surface area (Å²) in [5.41, 5.74) is -0.989. The Morgan fingerprint density at radius 1 is 1.38 bits per heavy atom. The summed E-state index contributed by atoms with van der Waals surface area (Å²) in [6.07, 6.45) is -6.42. The molecule has 0 heterocycles. The van der Waals surface area contributed by atoms with Crippen molar-refractivity contribution in [2.24, 2.45) is 0 Å². The number of hydrogen-bond acceptors (Lipinski definition) is 3. The third-order valence-electron chi connectivity index (χ3n) is 1.15. The number of carbonyl (C=O) groups is 1. The molecule has 0 aromatic carbocycles. The molecule has 1 amide bonds. The fourth-order valence-electron chi connectivity index (χ4n) is 0.661. The highest BCUT2D eigenvalue weighted by molar-refractivity contribution is 7.79. The van der Waals surface area contributed by atoms with Crippen molar-refractivity contribution in [1.82, 2.24) is 5.32 Å². The van der Waals surface area contributed by atoms with Crippen molar-refractivity contribution in [3.05, 3.63) is 0 Å². The number of carbonyl (C=O) groups excluding carboxylic acids is 1. The van der Waals surface area contributed by atoms with Crippen molar-refractivity contribution in [1.29, 1.82) is 0 Å². The molecule has 0 aliphatic carbocycles. The maximum Gasteiger partial charge on any atom is 0.423 e. The van der Waals surface area contributed by atoms with E-state index in [1.807, 2.05) is 0 Å². The van der Waals surface area contributed by atoms with Crippen LogP contribution in [0.3, 0.4) is 0 Å². The summed E-state index contributed by atoms with van der Waals surface area (Å²) in [5, 5.41) is -1.58. The van der Waals surface area contributed by atoms with Gasteiger partial charge in [-0.3, -0.25) is 5.32 Å². The molecule has 0 radical (unpaired) electrons. The van der Waals surface area contributed by atoms with Crippen LogP contribution in [0.25, 0.3) is 0 Å². The number of alkyl halides is 3. The minimum absolute atomic E-state index is 0.989. The number of hydrogen-bond donors (Lipinski definition) is 2. The third kappa shape index (κ3) is 5.91. The molecule has 0 bridgehead atoms. The van der Waals surface area contributed by atoms with E-state index in [2.05, 4.69) is 4.74 Å². The van der Waals surface area contributed by atoms with E-state index in [1.54, 1.807) is 0 Å². The van der Waals surface area contributed by atoms with E-state index < -0.39 is 34.3 Å². The third-order valence-corrected chi connectivity index (χ3v) is 1.94. The molecule has 5 nitrogen and oxygen atoms in total. The lowest BCUT2D eigenvalue weighted by Crippen LogP contribution is -2.49. The standard InChI is InChI=1S/C7H12F3NO4S/c1-6(2,3)15-5(12)11-4(16(13)14)7(8,9)10/h4H,1-3H3,(H,11,12)(H,13,14)/t4-/m0/s1. The van der Waals surface area contributed by atoms with Gasteiger partial charge in [0, 0.05) is 0 Å². The number of halogens is 3. The van der Waals surface area contributed by atoms with Crippen LogP contribution in [0.15, 0.2) is 0 Å². The first-order chi connectivity index (χ1) is 6.93. The van der Waals surface area contributed by atoms with Crippen LogP contribution in [0.2, 0.25) is 0 Å². The monoisotopic (exact) mass is 263 g/mol. The molecule has 16 heavy (non-hydrogen) atoms. The zero-order chi connectivity index (χ0) is 13.1. The topological polar surface area (TPSA) is 75.6 Å². The Labute approximate surface area is 92.6 Å². The highest BCUT2D eigenvalue weighted by atomic mass is 32.2. The van der Waals surface area contributed by atoms with Crippen molar-refractivity contribution >= 4 is 17.2 Å². The predicted octanol–water partition coefficient (Wildman–Crippen LogP) is 1.62. The first-order valence-electron chi connectivity index (χ1n) is 4.09. The highest BCUT2D eigenvalue weighted by Gasteiger charge is 2.45. The minimum Gasteiger partial charge on any atom is -0.444 e. The zero-order valence-corrected chi connectivity index (χ0v) is 9.61. The van der Waals surface area contributed by atoms with Gasteiger partial charge in [0.1, 0.15) is 5.60 Å². The van der Waals surface area contributed by atoms with Gasteiger partial charge in [-0.1, -0.05) is 0 Å². The molecule has 2 N–H and O–H groups in total. The Bertz CT molecular complexity index is 286. The first-order valence-corrected chi connectivity index (χ1v) is 5.26. The zero-order valence-electron chi connectivity index (χ0n) is 8.79. The molecule has 0 saturated carbocycles. The van der Waals surface area contributed by atoms with E-state index in [4.69, 9.17) is 4.55 Å². The van der Waals surface area contributed by atoms with Gasteiger partial charge in [-0.15, -0.1) is 0 Å². The van der Waals surface area contributed by atoms with Gasteiger partial charge in [0.05, 0.1) is 0 Å². The second-order valence-electron chi connectivity index (χ2n) is 3.84. The SMILES string of the molecule is CC(C)(C)OC(=O)N[C@@H](S(=O)O)C(F)(F)F. The van der Waals surface area contributed by atoms with Crippen molar-refractivity contribution in [3.63, 3.8) is 0 Å². The molecule has 0 fully saturated rings. The summed E-state index contributed by atoms with van der Waals surface area (Å²) in [7, 11) is 0. The van der Waals surface area contributed by atoms with E-state index in [0.717, 1.165) is 0 Å². The van der Waals surface area contributed by atoms with Crippen molar-refractivity contribution in [2.45, 2.75) is 37.9 Å². The normalized spacial score (nSPS) is 16.4. The Balaban J connectivity index is 4.56. The quantitative estimate of drug-likeness (QED) is 0.742. The molecule has 0 rings (SSSR count). The lowest BCUT2D eigenvalue weighted by Gasteiger charge is -2.23. The van der Waals surface area contributed by atoms with Gasteiger partial charge in [0.25, 0.3) is 0 Å². The lowest BCUT2D eigenvalue weighted by molar-refractivity contribution is -0.135. The Kier molecular flexibility index (Phi) is 4.74. The van der Waals surface area contributed by atoms with E-state index in [0.29, 0.717) is 0 Å². The van der Waals surface area contributed by atoms with Crippen LogP contribution in [-0.2, 0) is 15.8 Å². The Morgan fingerprint density at radius 3 is 2.06 bits per heavy atom. The summed E-state index contributed by atoms with van der Waals surface area (Å²) in [6, 6.07) is 0. The Hall–Kier alpha value is -0.830. The van der Waals surface area contributed by atoms with Gasteiger partial charge in [0.2, 0.25) is 5.37 Å². The predicted molar refractivity (Wildman–Crippen MR) is 50.0 cm³/mol. The molecular formula is C7H12F3NO4S. The fraction of sp³-hybridized carbons (Fsp3) is 0.857. The minimum atomic E-state index is -5.02. The largest absolute Gasteiger partial charge is 0.444 e. The van der Waals surface area contributed by atoms with Gasteiger partial charge >= 0.3 is 12.3 Å². The molecule has 0 aliphatic rings. The number of alkyl carbamates (subject to hydrolysis) is 1. The highest BCUT2D eigenvalue weighted by Crippen LogP contribution is 2.22. The van der Waals surface area contributed by atoms with Gasteiger partial charge in [-0.2, -0.15) is 13.2 Å². The molecule has 0 spiro atoms. The van der Waals surface area contributed by atoms with Gasteiger partial charge < -0.3 is 9.29 Å². The van der Waals surface area contributed by atoms with Gasteiger partial charge in [-0.05, 0) is 20.8 Å². The second-order valence-corrected chi connectivity index (χ2v) is 4.87. The van der Waals surface area contributed by atoms with Crippen LogP contribution in [-0.4, -0.2) is 32.0 Å². The first kappa shape index (κ1) is 15.2. The molecule has 2 atom stereocenters. The molecule has 0 aromatic heterocycles. The van der Waals surface area contributed by atoms with Crippen LogP contribution < -0.4 is 5.32 Å². The average Bonchev–Trinajstić information content (AvgIpc) is 1.93. The molecule has 0 saturated heterocycles. The van der Waals surface area contributed by atoms with E-state index >= 15 is 0 Å². The van der Waals surface area contributed by atoms with Crippen molar-refractivity contribution in [2.75, 3.05) is 0 Å².